The number of halogens is 2. The zero-order valence-corrected chi connectivity index (χ0v) is 14.1. The minimum atomic E-state index is 0.793. The fraction of sp³-hybridized carbons (Fsp3) is 0.250. The zero-order valence-electron chi connectivity index (χ0n) is 10.1. The van der Waals surface area contributed by atoms with Gasteiger partial charge in [0.1, 0.15) is 0 Å². The van der Waals surface area contributed by atoms with Gasteiger partial charge in [0.15, 0.2) is 0 Å². The van der Waals surface area contributed by atoms with Gasteiger partial charge in [-0.3, -0.25) is 4.98 Å². The molecule has 0 fully saturated rings. The third-order valence-electron chi connectivity index (χ3n) is 2.43. The molecule has 0 saturated carbocycles. The van der Waals surface area contributed by atoms with E-state index in [1.165, 1.54) is 4.88 Å². The van der Waals surface area contributed by atoms with Crippen LogP contribution in [0.25, 0.3) is 0 Å². The average molecular weight is 391 g/mol. The van der Waals surface area contributed by atoms with Crippen LogP contribution in [0.3, 0.4) is 0 Å². The number of thiophene rings is 1. The molecular formula is C12H13Br2N3S. The maximum Gasteiger partial charge on any atom is 0.0843 e. The molecule has 0 aliphatic heterocycles. The van der Waals surface area contributed by atoms with Crippen LogP contribution >= 0.6 is 43.2 Å². The predicted molar refractivity (Wildman–Crippen MR) is 85.6 cm³/mol. The summed E-state index contributed by atoms with van der Waals surface area (Å²) in [5, 5.41) is 3.42. The summed E-state index contributed by atoms with van der Waals surface area (Å²) >= 11 is 8.72. The summed E-state index contributed by atoms with van der Waals surface area (Å²) in [6.45, 7) is 0.793. The number of nitrogens with zero attached hydrogens (tertiary/aromatic N) is 2. The molecule has 6 heteroatoms. The maximum atomic E-state index is 4.16. The first kappa shape index (κ1) is 13.8. The van der Waals surface area contributed by atoms with Gasteiger partial charge in [-0.05, 0) is 44.0 Å². The fourth-order valence-corrected chi connectivity index (χ4v) is 3.69. The van der Waals surface area contributed by atoms with Crippen molar-refractivity contribution >= 4 is 54.6 Å². The van der Waals surface area contributed by atoms with Crippen LogP contribution in [-0.4, -0.2) is 19.1 Å². The van der Waals surface area contributed by atoms with Crippen LogP contribution in [0.5, 0.6) is 0 Å². The Labute approximate surface area is 127 Å². The van der Waals surface area contributed by atoms with E-state index >= 15 is 0 Å². The zero-order chi connectivity index (χ0) is 13.1. The second kappa shape index (κ2) is 6.04. The quantitative estimate of drug-likeness (QED) is 0.841. The summed E-state index contributed by atoms with van der Waals surface area (Å²) in [4.78, 5) is 7.50. The molecule has 2 heterocycles. The topological polar surface area (TPSA) is 28.2 Å². The van der Waals surface area contributed by atoms with E-state index in [0.29, 0.717) is 0 Å². The van der Waals surface area contributed by atoms with Crippen molar-refractivity contribution in [3.8, 4) is 0 Å². The van der Waals surface area contributed by atoms with Crippen molar-refractivity contribution < 1.29 is 0 Å². The largest absolute Gasteiger partial charge is 0.377 e. The number of nitrogens with one attached hydrogen (secondary N) is 1. The lowest BCUT2D eigenvalue weighted by Crippen LogP contribution is -2.12. The van der Waals surface area contributed by atoms with E-state index in [4.69, 9.17) is 0 Å². The first-order chi connectivity index (χ1) is 8.58. The molecule has 2 aromatic heterocycles. The number of hydrogen-bond donors (Lipinski definition) is 1. The number of rotatable bonds is 4. The maximum absolute atomic E-state index is 4.16. The van der Waals surface area contributed by atoms with Crippen LogP contribution in [0.2, 0.25) is 0 Å². The molecule has 0 saturated heterocycles. The van der Waals surface area contributed by atoms with Crippen LogP contribution in [0.4, 0.5) is 11.4 Å². The van der Waals surface area contributed by atoms with Crippen molar-refractivity contribution in [2.45, 2.75) is 6.54 Å². The molecule has 96 valence electrons. The Kier molecular flexibility index (Phi) is 4.64. The van der Waals surface area contributed by atoms with Gasteiger partial charge in [0.05, 0.1) is 21.4 Å². The van der Waals surface area contributed by atoms with E-state index in [1.54, 1.807) is 17.5 Å². The van der Waals surface area contributed by atoms with Crippen molar-refractivity contribution in [2.75, 3.05) is 24.3 Å². The van der Waals surface area contributed by atoms with Crippen molar-refractivity contribution in [1.82, 2.24) is 4.98 Å². The summed E-state index contributed by atoms with van der Waals surface area (Å²) in [6, 6.07) is 4.12. The van der Waals surface area contributed by atoms with E-state index in [2.05, 4.69) is 53.1 Å². The van der Waals surface area contributed by atoms with Crippen molar-refractivity contribution in [1.29, 1.82) is 0 Å². The highest BCUT2D eigenvalue weighted by Gasteiger charge is 2.06. The molecule has 1 N–H and O–H groups in total. The van der Waals surface area contributed by atoms with Gasteiger partial charge in [-0.25, -0.2) is 0 Å². The average Bonchev–Trinajstić information content (AvgIpc) is 2.66. The summed E-state index contributed by atoms with van der Waals surface area (Å²) in [6.07, 6.45) is 3.66. The molecule has 18 heavy (non-hydrogen) atoms. The Balaban J connectivity index is 2.10. The third-order valence-corrected chi connectivity index (χ3v) is 5.69. The van der Waals surface area contributed by atoms with Gasteiger partial charge in [-0.2, -0.15) is 0 Å². The van der Waals surface area contributed by atoms with E-state index in [-0.39, 0.29) is 0 Å². The van der Waals surface area contributed by atoms with Gasteiger partial charge in [0, 0.05) is 36.2 Å². The van der Waals surface area contributed by atoms with Gasteiger partial charge in [0.25, 0.3) is 0 Å². The fourth-order valence-electron chi connectivity index (χ4n) is 1.57. The summed E-state index contributed by atoms with van der Waals surface area (Å²) < 4.78 is 2.22. The van der Waals surface area contributed by atoms with Crippen LogP contribution in [0.15, 0.2) is 32.8 Å². The van der Waals surface area contributed by atoms with Gasteiger partial charge >= 0.3 is 0 Å². The highest BCUT2D eigenvalue weighted by Crippen LogP contribution is 2.33. The number of hydrogen-bond acceptors (Lipinski definition) is 4. The molecule has 3 nitrogen and oxygen atoms in total. The molecule has 2 aromatic rings. The molecule has 0 aliphatic rings. The SMILES string of the molecule is CN(C)c1ccncc1NCc1cc(Br)c(Br)s1. The Morgan fingerprint density at radius 3 is 2.78 bits per heavy atom. The molecular weight excluding hydrogens is 378 g/mol. The van der Waals surface area contributed by atoms with Gasteiger partial charge in [0.2, 0.25) is 0 Å². The van der Waals surface area contributed by atoms with E-state index < -0.39 is 0 Å². The normalized spacial score (nSPS) is 10.4. The number of anilines is 2. The van der Waals surface area contributed by atoms with Crippen molar-refractivity contribution in [2.24, 2.45) is 0 Å². The molecule has 2 rings (SSSR count). The van der Waals surface area contributed by atoms with Gasteiger partial charge < -0.3 is 10.2 Å². The highest BCUT2D eigenvalue weighted by molar-refractivity contribution is 9.13. The lowest BCUT2D eigenvalue weighted by atomic mass is 10.3. The monoisotopic (exact) mass is 389 g/mol. The minimum absolute atomic E-state index is 0.793. The van der Waals surface area contributed by atoms with E-state index in [1.807, 2.05) is 26.4 Å². The van der Waals surface area contributed by atoms with Crippen LogP contribution in [0, 0.1) is 0 Å². The molecule has 0 unspecified atom stereocenters. The van der Waals surface area contributed by atoms with Gasteiger partial charge in [-0.15, -0.1) is 11.3 Å². The summed E-state index contributed by atoms with van der Waals surface area (Å²) in [5.74, 6) is 0. The van der Waals surface area contributed by atoms with Crippen molar-refractivity contribution in [3.63, 3.8) is 0 Å². The second-order valence-electron chi connectivity index (χ2n) is 3.98. The summed E-state index contributed by atoms with van der Waals surface area (Å²) in [7, 11) is 4.05. The summed E-state index contributed by atoms with van der Waals surface area (Å²) in [5.41, 5.74) is 2.18. The Bertz CT molecular complexity index is 520. The number of aromatic nitrogens is 1. The highest BCUT2D eigenvalue weighted by atomic mass is 79.9. The molecule has 0 bridgehead atoms. The molecule has 0 aromatic carbocycles. The molecule has 0 spiro atoms. The van der Waals surface area contributed by atoms with E-state index in [0.717, 1.165) is 26.2 Å². The van der Waals surface area contributed by atoms with Crippen LogP contribution < -0.4 is 10.2 Å². The van der Waals surface area contributed by atoms with Crippen LogP contribution in [0.1, 0.15) is 4.88 Å². The first-order valence-electron chi connectivity index (χ1n) is 5.37. The van der Waals surface area contributed by atoms with Crippen LogP contribution in [-0.2, 0) is 6.54 Å². The smallest absolute Gasteiger partial charge is 0.0843 e. The predicted octanol–water partition coefficient (Wildman–Crippen LogP) is 4.35. The molecule has 0 amide bonds. The lowest BCUT2D eigenvalue weighted by Gasteiger charge is -2.17. The molecule has 0 aliphatic carbocycles. The lowest BCUT2D eigenvalue weighted by molar-refractivity contribution is 1.10. The van der Waals surface area contributed by atoms with Gasteiger partial charge in [-0.1, -0.05) is 0 Å². The Morgan fingerprint density at radius 2 is 2.17 bits per heavy atom. The van der Waals surface area contributed by atoms with Crippen molar-refractivity contribution in [3.05, 3.63) is 37.7 Å². The standard InChI is InChI=1S/C12H13Br2N3S/c1-17(2)11-3-4-15-7-10(11)16-6-8-5-9(13)12(14)18-8/h3-5,7,16H,6H2,1-2H3. The second-order valence-corrected chi connectivity index (χ2v) is 7.28. The third kappa shape index (κ3) is 3.24. The Morgan fingerprint density at radius 1 is 1.39 bits per heavy atom. The first-order valence-corrected chi connectivity index (χ1v) is 7.77. The molecule has 0 atom stereocenters. The Hall–Kier alpha value is -0.590. The number of pyridine rings is 1. The van der Waals surface area contributed by atoms with E-state index in [9.17, 15) is 0 Å². The molecule has 0 radical (unpaired) electrons. The minimum Gasteiger partial charge on any atom is -0.377 e.